The van der Waals surface area contributed by atoms with Gasteiger partial charge in [-0.2, -0.15) is 0 Å². The first-order valence-corrected chi connectivity index (χ1v) is 20.4. The van der Waals surface area contributed by atoms with Gasteiger partial charge in [-0.25, -0.2) is 0 Å². The smallest absolute Gasteiger partial charge is 0.0346 e. The third-order valence-corrected chi connectivity index (χ3v) is 11.3. The topological polar surface area (TPSA) is 37.8 Å². The lowest BCUT2D eigenvalue weighted by molar-refractivity contribution is 0.976. The van der Waals surface area contributed by atoms with Crippen LogP contribution in [0.1, 0.15) is 5.56 Å². The molecule has 3 heteroatoms. The zero-order valence-electron chi connectivity index (χ0n) is 33.0. The second-order valence-electron chi connectivity index (χ2n) is 15.2. The van der Waals surface area contributed by atoms with E-state index in [1.807, 2.05) is 37.1 Å². The zero-order valence-corrected chi connectivity index (χ0v) is 33.0. The summed E-state index contributed by atoms with van der Waals surface area (Å²) >= 11 is 0. The Morgan fingerprint density at radius 3 is 1.05 bits per heavy atom. The summed E-state index contributed by atoms with van der Waals surface area (Å²) in [7, 11) is 0. The fourth-order valence-corrected chi connectivity index (χ4v) is 8.14. The predicted molar refractivity (Wildman–Crippen MR) is 251 cm³/mol. The van der Waals surface area contributed by atoms with E-state index in [9.17, 15) is 0 Å². The quantitative estimate of drug-likeness (QED) is 0.159. The van der Waals surface area contributed by atoms with E-state index in [1.54, 1.807) is 0 Å². The van der Waals surface area contributed by atoms with Crippen LogP contribution < -0.4 is 5.32 Å². The predicted octanol–water partition coefficient (Wildman–Crippen LogP) is 14.3. The Hall–Kier alpha value is -7.88. The maximum Gasteiger partial charge on any atom is 0.0346 e. The minimum absolute atomic E-state index is 0.847. The van der Waals surface area contributed by atoms with Gasteiger partial charge in [-0.15, -0.1) is 0 Å². The fourth-order valence-electron chi connectivity index (χ4n) is 8.14. The van der Waals surface area contributed by atoms with Crippen molar-refractivity contribution in [2.24, 2.45) is 0 Å². The number of nitrogens with zero attached hydrogens (tertiary/aromatic N) is 2. The average molecular weight is 768 g/mol. The molecule has 284 valence electrons. The summed E-state index contributed by atoms with van der Waals surface area (Å²) in [6, 6.07) is 68.2. The molecule has 10 rings (SSSR count). The van der Waals surface area contributed by atoms with E-state index in [1.165, 1.54) is 61.2 Å². The number of hydrogen-bond donors (Lipinski definition) is 1. The van der Waals surface area contributed by atoms with Gasteiger partial charge in [0.1, 0.15) is 0 Å². The van der Waals surface area contributed by atoms with Crippen LogP contribution in [-0.2, 0) is 0 Å². The number of dihydropyridines is 1. The average Bonchev–Trinajstić information content (AvgIpc) is 3.35. The van der Waals surface area contributed by atoms with Crippen LogP contribution in [0.3, 0.4) is 0 Å². The third-order valence-electron chi connectivity index (χ3n) is 11.3. The van der Waals surface area contributed by atoms with Crippen LogP contribution in [0.5, 0.6) is 0 Å². The van der Waals surface area contributed by atoms with Gasteiger partial charge >= 0.3 is 0 Å². The highest BCUT2D eigenvalue weighted by atomic mass is 14.8. The third kappa shape index (κ3) is 7.85. The molecule has 0 aliphatic carbocycles. The lowest BCUT2D eigenvalue weighted by atomic mass is 9.91. The summed E-state index contributed by atoms with van der Waals surface area (Å²) in [6.07, 6.45) is 13.9. The van der Waals surface area contributed by atoms with E-state index >= 15 is 0 Å². The van der Waals surface area contributed by atoms with Crippen molar-refractivity contribution in [2.75, 3.05) is 6.54 Å². The molecule has 7 aromatic carbocycles. The minimum Gasteiger partial charge on any atom is -0.387 e. The molecule has 0 bridgehead atoms. The van der Waals surface area contributed by atoms with Crippen molar-refractivity contribution in [1.82, 2.24) is 15.3 Å². The molecule has 60 heavy (non-hydrogen) atoms. The van der Waals surface area contributed by atoms with Gasteiger partial charge in [-0.05, 0) is 180 Å². The normalized spacial score (nSPS) is 12.1. The van der Waals surface area contributed by atoms with Crippen LogP contribution in [0.25, 0.3) is 94.6 Å². The van der Waals surface area contributed by atoms with Crippen molar-refractivity contribution in [3.8, 4) is 89.0 Å². The molecule has 0 atom stereocenters. The molecule has 9 aromatic rings. The Balaban J connectivity index is 0.994. The number of aromatic nitrogens is 2. The monoisotopic (exact) mass is 767 g/mol. The summed E-state index contributed by atoms with van der Waals surface area (Å²) in [6.45, 7) is 0.847. The molecule has 0 spiro atoms. The largest absolute Gasteiger partial charge is 0.387 e. The Kier molecular flexibility index (Phi) is 10.0. The number of pyridine rings is 2. The van der Waals surface area contributed by atoms with Gasteiger partial charge in [-0.1, -0.05) is 121 Å². The highest BCUT2D eigenvalue weighted by Crippen LogP contribution is 2.37. The first kappa shape index (κ1) is 36.5. The van der Waals surface area contributed by atoms with Gasteiger partial charge in [0, 0.05) is 36.9 Å². The van der Waals surface area contributed by atoms with Gasteiger partial charge in [0.25, 0.3) is 0 Å². The molecular formula is C57H41N3. The number of allylic oxidation sites excluding steroid dienone is 2. The molecule has 3 nitrogen and oxygen atoms in total. The van der Waals surface area contributed by atoms with Gasteiger partial charge in [0.15, 0.2) is 0 Å². The Bertz CT molecular complexity index is 3030. The summed E-state index contributed by atoms with van der Waals surface area (Å²) in [5, 5.41) is 3.25. The molecule has 3 heterocycles. The van der Waals surface area contributed by atoms with Gasteiger partial charge < -0.3 is 5.32 Å². The second kappa shape index (κ2) is 16.5. The van der Waals surface area contributed by atoms with Crippen molar-refractivity contribution in [3.63, 3.8) is 0 Å². The van der Waals surface area contributed by atoms with Crippen molar-refractivity contribution >= 4 is 5.57 Å². The number of rotatable bonds is 9. The summed E-state index contributed by atoms with van der Waals surface area (Å²) in [5.41, 5.74) is 21.1. The van der Waals surface area contributed by atoms with Crippen molar-refractivity contribution in [3.05, 3.63) is 237 Å². The molecule has 0 radical (unpaired) electrons. The minimum atomic E-state index is 0.847. The molecule has 1 N–H and O–H groups in total. The Morgan fingerprint density at radius 1 is 0.300 bits per heavy atom. The second-order valence-corrected chi connectivity index (χ2v) is 15.2. The SMILES string of the molecule is C1=CC(c2cccc(-c3cccc(-c4cccc(-c5cc(-c6cccnc6)cc(-c6cccc(-c7cccc(-c8cccc(-c9ccncc9)c8)c7)c6)c5)c4)c3)c2)=CCN1. The van der Waals surface area contributed by atoms with E-state index in [0.717, 1.165) is 45.5 Å². The van der Waals surface area contributed by atoms with Crippen LogP contribution in [0, 0.1) is 0 Å². The first-order valence-electron chi connectivity index (χ1n) is 20.4. The highest BCUT2D eigenvalue weighted by molar-refractivity contribution is 5.86. The lowest BCUT2D eigenvalue weighted by Crippen LogP contribution is -2.08. The standard InChI is InChI=1S/C57H41N3/c1-8-42(40-21-26-58-27-22-40)30-44(10-1)46-12-3-14-48(32-46)50-16-5-18-52(34-50)55-36-56(38-57(37-55)54-20-7-25-60-39-54)53-19-6-17-51(35-53)49-15-4-13-47(33-49)45-11-2-9-43(31-45)41-23-28-59-29-24-41/h1-28,30-39,59H,29H2. The van der Waals surface area contributed by atoms with E-state index < -0.39 is 0 Å². The van der Waals surface area contributed by atoms with Crippen LogP contribution in [0.4, 0.5) is 0 Å². The number of nitrogens with one attached hydrogen (secondary N) is 1. The number of hydrogen-bond acceptors (Lipinski definition) is 3. The van der Waals surface area contributed by atoms with Crippen molar-refractivity contribution in [1.29, 1.82) is 0 Å². The van der Waals surface area contributed by atoms with E-state index in [4.69, 9.17) is 0 Å². The number of benzene rings is 7. The summed E-state index contributed by atoms with van der Waals surface area (Å²) in [4.78, 5) is 8.68. The molecule has 1 aliphatic heterocycles. The molecule has 0 amide bonds. The molecule has 0 unspecified atom stereocenters. The van der Waals surface area contributed by atoms with Gasteiger partial charge in [-0.3, -0.25) is 9.97 Å². The maximum absolute atomic E-state index is 4.48. The first-order chi connectivity index (χ1) is 29.7. The molecule has 1 aliphatic rings. The van der Waals surface area contributed by atoms with E-state index in [-0.39, 0.29) is 0 Å². The molecule has 0 saturated heterocycles. The lowest BCUT2D eigenvalue weighted by Gasteiger charge is -2.14. The Morgan fingerprint density at radius 2 is 0.650 bits per heavy atom. The van der Waals surface area contributed by atoms with E-state index in [0.29, 0.717) is 0 Å². The van der Waals surface area contributed by atoms with Crippen molar-refractivity contribution < 1.29 is 0 Å². The summed E-state index contributed by atoms with van der Waals surface area (Å²) in [5.74, 6) is 0. The maximum atomic E-state index is 4.48. The van der Waals surface area contributed by atoms with Gasteiger partial charge in [0.2, 0.25) is 0 Å². The van der Waals surface area contributed by atoms with Gasteiger partial charge in [0.05, 0.1) is 0 Å². The highest BCUT2D eigenvalue weighted by Gasteiger charge is 2.12. The van der Waals surface area contributed by atoms with Crippen molar-refractivity contribution in [2.45, 2.75) is 0 Å². The molecule has 2 aromatic heterocycles. The Labute approximate surface area is 351 Å². The van der Waals surface area contributed by atoms with Crippen LogP contribution in [0.2, 0.25) is 0 Å². The van der Waals surface area contributed by atoms with Crippen LogP contribution in [-0.4, -0.2) is 16.5 Å². The molecule has 0 fully saturated rings. The fraction of sp³-hybridized carbons (Fsp3) is 0.0175. The summed E-state index contributed by atoms with van der Waals surface area (Å²) < 4.78 is 0. The molecule has 0 saturated carbocycles. The van der Waals surface area contributed by atoms with Crippen LogP contribution >= 0.6 is 0 Å². The van der Waals surface area contributed by atoms with E-state index in [2.05, 4.69) is 209 Å². The molecular weight excluding hydrogens is 727 g/mol. The zero-order chi connectivity index (χ0) is 40.1. The van der Waals surface area contributed by atoms with Crippen LogP contribution in [0.15, 0.2) is 231 Å².